The molecule has 1 saturated heterocycles. The number of piperazine rings is 1. The maximum atomic E-state index is 12.8. The lowest BCUT2D eigenvalue weighted by molar-refractivity contribution is -0.134. The highest BCUT2D eigenvalue weighted by molar-refractivity contribution is 5.97. The molecule has 0 aromatic heterocycles. The molecule has 3 aliphatic heterocycles. The summed E-state index contributed by atoms with van der Waals surface area (Å²) in [6, 6.07) is 14.0. The average molecular weight is 436 g/mol. The first-order valence-electron chi connectivity index (χ1n) is 11.4. The van der Waals surface area contributed by atoms with E-state index in [0.29, 0.717) is 26.2 Å². The quantitative estimate of drug-likeness (QED) is 0.722. The normalized spacial score (nSPS) is 17.9. The Morgan fingerprint density at radius 2 is 1.59 bits per heavy atom. The second-order valence-electron chi connectivity index (χ2n) is 8.56. The van der Waals surface area contributed by atoms with Gasteiger partial charge in [-0.05, 0) is 29.3 Å². The van der Waals surface area contributed by atoms with E-state index in [9.17, 15) is 9.59 Å². The van der Waals surface area contributed by atoms with Crippen molar-refractivity contribution in [2.45, 2.75) is 25.8 Å². The number of nitrogens with zero attached hydrogens (tertiary/aromatic N) is 3. The lowest BCUT2D eigenvalue weighted by atomic mass is 10.1. The molecule has 32 heavy (non-hydrogen) atoms. The number of carbonyl (C=O) groups is 2. The van der Waals surface area contributed by atoms with Crippen LogP contribution in [0.3, 0.4) is 0 Å². The van der Waals surface area contributed by atoms with Crippen LogP contribution in [-0.4, -0.2) is 67.6 Å². The number of carbonyl (C=O) groups excluding carboxylic acids is 2. The first-order chi connectivity index (χ1) is 15.7. The van der Waals surface area contributed by atoms with Crippen LogP contribution in [0.15, 0.2) is 42.5 Å². The van der Waals surface area contributed by atoms with E-state index >= 15 is 0 Å². The van der Waals surface area contributed by atoms with E-state index in [1.807, 2.05) is 29.2 Å². The molecule has 168 valence electrons. The summed E-state index contributed by atoms with van der Waals surface area (Å²) in [5.74, 6) is 1.78. The molecule has 1 fully saturated rings. The van der Waals surface area contributed by atoms with Gasteiger partial charge in [-0.25, -0.2) is 0 Å². The molecule has 2 aromatic rings. The lowest BCUT2D eigenvalue weighted by Gasteiger charge is -2.35. The Morgan fingerprint density at radius 3 is 2.47 bits per heavy atom. The molecule has 5 rings (SSSR count). The third-order valence-corrected chi connectivity index (χ3v) is 6.47. The van der Waals surface area contributed by atoms with Gasteiger partial charge in [-0.3, -0.25) is 14.5 Å². The van der Waals surface area contributed by atoms with Crippen LogP contribution < -0.4 is 14.4 Å². The van der Waals surface area contributed by atoms with Gasteiger partial charge in [0.25, 0.3) is 0 Å². The molecule has 2 amide bonds. The molecule has 0 aliphatic carbocycles. The van der Waals surface area contributed by atoms with Gasteiger partial charge in [0, 0.05) is 52.0 Å². The van der Waals surface area contributed by atoms with Crippen molar-refractivity contribution in [3.63, 3.8) is 0 Å². The molecule has 7 nitrogen and oxygen atoms in total. The minimum atomic E-state index is -0.0201. The van der Waals surface area contributed by atoms with Crippen LogP contribution in [-0.2, 0) is 22.6 Å². The molecule has 0 N–H and O–H groups in total. The number of ether oxygens (including phenoxy) is 2. The fourth-order valence-corrected chi connectivity index (χ4v) is 4.69. The van der Waals surface area contributed by atoms with Gasteiger partial charge in [-0.15, -0.1) is 0 Å². The molecule has 0 bridgehead atoms. The van der Waals surface area contributed by atoms with E-state index in [4.69, 9.17) is 9.47 Å². The van der Waals surface area contributed by atoms with E-state index in [2.05, 4.69) is 23.1 Å². The zero-order valence-electron chi connectivity index (χ0n) is 18.3. The number of rotatable bonds is 5. The number of anilines is 1. The van der Waals surface area contributed by atoms with Gasteiger partial charge in [-0.1, -0.05) is 24.3 Å². The summed E-state index contributed by atoms with van der Waals surface area (Å²) in [4.78, 5) is 31.5. The maximum absolute atomic E-state index is 12.8. The predicted molar refractivity (Wildman–Crippen MR) is 121 cm³/mol. The predicted octanol–water partition coefficient (Wildman–Crippen LogP) is 2.47. The third kappa shape index (κ3) is 4.43. The molecule has 0 saturated carbocycles. The van der Waals surface area contributed by atoms with Gasteiger partial charge in [0.2, 0.25) is 11.8 Å². The summed E-state index contributed by atoms with van der Waals surface area (Å²) < 4.78 is 11.2. The average Bonchev–Trinajstić information content (AvgIpc) is 3.30. The molecule has 3 aliphatic rings. The molecule has 0 radical (unpaired) electrons. The fraction of sp³-hybridized carbons (Fsp3) is 0.440. The van der Waals surface area contributed by atoms with Crippen molar-refractivity contribution in [2.24, 2.45) is 0 Å². The molecule has 7 heteroatoms. The van der Waals surface area contributed by atoms with Crippen LogP contribution >= 0.6 is 0 Å². The van der Waals surface area contributed by atoms with E-state index < -0.39 is 0 Å². The van der Waals surface area contributed by atoms with E-state index in [0.717, 1.165) is 49.8 Å². The Labute approximate surface area is 188 Å². The van der Waals surface area contributed by atoms with E-state index in [1.165, 1.54) is 11.1 Å². The molecule has 3 heterocycles. The van der Waals surface area contributed by atoms with Gasteiger partial charge >= 0.3 is 0 Å². The van der Waals surface area contributed by atoms with Crippen molar-refractivity contribution in [2.75, 3.05) is 50.8 Å². The standard InChI is InChI=1S/C25H29N3O4/c29-24(7-8-25(30)28-14-16-32-23-4-2-1-3-21(23)28)27-12-10-26(11-13-27)18-19-5-6-22-20(17-19)9-15-31-22/h1-6,17H,7-16,18H2. The Morgan fingerprint density at radius 1 is 0.812 bits per heavy atom. The highest BCUT2D eigenvalue weighted by atomic mass is 16.5. The van der Waals surface area contributed by atoms with Gasteiger partial charge in [-0.2, -0.15) is 0 Å². The number of amides is 2. The van der Waals surface area contributed by atoms with Gasteiger partial charge in [0.05, 0.1) is 18.8 Å². The first kappa shape index (κ1) is 20.8. The summed E-state index contributed by atoms with van der Waals surface area (Å²) >= 11 is 0. The third-order valence-electron chi connectivity index (χ3n) is 6.47. The first-order valence-corrected chi connectivity index (χ1v) is 11.4. The largest absolute Gasteiger partial charge is 0.493 e. The van der Waals surface area contributed by atoms with Crippen LogP contribution in [0.5, 0.6) is 11.5 Å². The van der Waals surface area contributed by atoms with Crippen LogP contribution in [0.1, 0.15) is 24.0 Å². The minimum Gasteiger partial charge on any atom is -0.493 e. The fourth-order valence-electron chi connectivity index (χ4n) is 4.69. The van der Waals surface area contributed by atoms with Crippen molar-refractivity contribution >= 4 is 17.5 Å². The lowest BCUT2D eigenvalue weighted by Crippen LogP contribution is -2.48. The van der Waals surface area contributed by atoms with Gasteiger partial charge in [0.15, 0.2) is 0 Å². The highest BCUT2D eigenvalue weighted by Crippen LogP contribution is 2.31. The van der Waals surface area contributed by atoms with Crippen molar-refractivity contribution < 1.29 is 19.1 Å². The smallest absolute Gasteiger partial charge is 0.227 e. The van der Waals surface area contributed by atoms with Crippen molar-refractivity contribution in [3.05, 3.63) is 53.6 Å². The summed E-state index contributed by atoms with van der Waals surface area (Å²) in [6.45, 7) is 5.80. The second-order valence-corrected chi connectivity index (χ2v) is 8.56. The second kappa shape index (κ2) is 9.20. The monoisotopic (exact) mass is 435 g/mol. The SMILES string of the molecule is O=C(CCC(=O)N1CCOc2ccccc21)N1CCN(Cc2ccc3c(c2)CCO3)CC1. The molecule has 0 atom stereocenters. The van der Waals surface area contributed by atoms with Crippen LogP contribution in [0, 0.1) is 0 Å². The van der Waals surface area contributed by atoms with Crippen molar-refractivity contribution in [1.82, 2.24) is 9.80 Å². The number of fused-ring (bicyclic) bond motifs is 2. The Hall–Kier alpha value is -3.06. The highest BCUT2D eigenvalue weighted by Gasteiger charge is 2.26. The van der Waals surface area contributed by atoms with Crippen LogP contribution in [0.2, 0.25) is 0 Å². The summed E-state index contributed by atoms with van der Waals surface area (Å²) in [5, 5.41) is 0. The minimum absolute atomic E-state index is 0.0201. The molecular weight excluding hydrogens is 406 g/mol. The molecular formula is C25H29N3O4. The van der Waals surface area contributed by atoms with Crippen LogP contribution in [0.25, 0.3) is 0 Å². The summed E-state index contributed by atoms with van der Waals surface area (Å²) in [6.07, 6.45) is 1.47. The van der Waals surface area contributed by atoms with Gasteiger partial charge in [0.1, 0.15) is 18.1 Å². The van der Waals surface area contributed by atoms with Crippen LogP contribution in [0.4, 0.5) is 5.69 Å². The topological polar surface area (TPSA) is 62.3 Å². The maximum Gasteiger partial charge on any atom is 0.227 e. The van der Waals surface area contributed by atoms with E-state index in [1.54, 1.807) is 4.90 Å². The Bertz CT molecular complexity index is 1000. The summed E-state index contributed by atoms with van der Waals surface area (Å²) in [5.41, 5.74) is 3.39. The zero-order chi connectivity index (χ0) is 21.9. The Kier molecular flexibility index (Phi) is 5.99. The molecule has 0 spiro atoms. The van der Waals surface area contributed by atoms with E-state index in [-0.39, 0.29) is 24.7 Å². The summed E-state index contributed by atoms with van der Waals surface area (Å²) in [7, 11) is 0. The Balaban J connectivity index is 1.09. The molecule has 2 aromatic carbocycles. The zero-order valence-corrected chi connectivity index (χ0v) is 18.3. The van der Waals surface area contributed by atoms with Crippen molar-refractivity contribution in [3.8, 4) is 11.5 Å². The molecule has 0 unspecified atom stereocenters. The number of hydrogen-bond acceptors (Lipinski definition) is 5. The van der Waals surface area contributed by atoms with Crippen molar-refractivity contribution in [1.29, 1.82) is 0 Å². The van der Waals surface area contributed by atoms with Gasteiger partial charge < -0.3 is 19.3 Å². The number of benzene rings is 2. The number of para-hydroxylation sites is 2. The number of hydrogen-bond donors (Lipinski definition) is 0.